The average Bonchev–Trinajstić information content (AvgIpc) is 2.57. The maximum absolute atomic E-state index is 11.5. The smallest absolute Gasteiger partial charge is 0.413 e. The molecule has 0 spiro atoms. The molecule has 0 aliphatic rings. The normalized spacial score (nSPS) is 11.1. The minimum Gasteiger partial charge on any atom is -0.477 e. The van der Waals surface area contributed by atoms with E-state index < -0.39 is 17.7 Å². The molecule has 6 nitrogen and oxygen atoms in total. The summed E-state index contributed by atoms with van der Waals surface area (Å²) in [4.78, 5) is 26.5. The van der Waals surface area contributed by atoms with Crippen molar-refractivity contribution in [3.8, 4) is 0 Å². The van der Waals surface area contributed by atoms with Crippen LogP contribution in [-0.4, -0.2) is 34.0 Å². The highest BCUT2D eigenvalue weighted by Gasteiger charge is 2.22. The molecule has 0 atom stereocenters. The Balaban J connectivity index is 2.86. The topological polar surface area (TPSA) is 88.5 Å². The number of anilines is 1. The summed E-state index contributed by atoms with van der Waals surface area (Å²) in [6.45, 7) is 5.16. The first-order valence-electron chi connectivity index (χ1n) is 5.01. The van der Waals surface area contributed by atoms with Crippen LogP contribution in [0.1, 0.15) is 30.4 Å². The molecule has 0 unspecified atom stereocenters. The highest BCUT2D eigenvalue weighted by atomic mass is 32.2. The van der Waals surface area contributed by atoms with Gasteiger partial charge in [-0.3, -0.25) is 5.32 Å². The monoisotopic (exact) mass is 290 g/mol. The zero-order valence-electron chi connectivity index (χ0n) is 10.4. The Morgan fingerprint density at radius 3 is 2.50 bits per heavy atom. The molecule has 18 heavy (non-hydrogen) atoms. The molecule has 0 aliphatic heterocycles. The van der Waals surface area contributed by atoms with Crippen LogP contribution in [0.5, 0.6) is 0 Å². The van der Waals surface area contributed by atoms with Crippen molar-refractivity contribution in [2.45, 2.75) is 30.7 Å². The van der Waals surface area contributed by atoms with Crippen LogP contribution in [0.3, 0.4) is 0 Å². The summed E-state index contributed by atoms with van der Waals surface area (Å²) < 4.78 is 5.60. The van der Waals surface area contributed by atoms with Gasteiger partial charge in [0.25, 0.3) is 0 Å². The zero-order chi connectivity index (χ0) is 13.9. The quantitative estimate of drug-likeness (QED) is 0.832. The van der Waals surface area contributed by atoms with Crippen molar-refractivity contribution < 1.29 is 19.4 Å². The molecule has 1 heterocycles. The number of thiazole rings is 1. The molecular formula is C10H14N2O4S2. The second-order valence-electron chi connectivity index (χ2n) is 4.29. The molecule has 0 fully saturated rings. The summed E-state index contributed by atoms with van der Waals surface area (Å²) in [5.74, 6) is -1.11. The predicted octanol–water partition coefficient (Wildman–Crippen LogP) is 2.91. The van der Waals surface area contributed by atoms with E-state index in [1.54, 1.807) is 27.0 Å². The number of amides is 1. The summed E-state index contributed by atoms with van der Waals surface area (Å²) in [6.07, 6.45) is 1.06. The third kappa shape index (κ3) is 4.19. The van der Waals surface area contributed by atoms with E-state index in [1.165, 1.54) is 11.8 Å². The second-order valence-corrected chi connectivity index (χ2v) is 6.35. The van der Waals surface area contributed by atoms with Crippen molar-refractivity contribution in [2.75, 3.05) is 11.6 Å². The van der Waals surface area contributed by atoms with Crippen molar-refractivity contribution in [2.24, 2.45) is 0 Å². The number of carbonyl (C=O) groups excluding carboxylic acids is 1. The first kappa shape index (κ1) is 14.8. The van der Waals surface area contributed by atoms with Gasteiger partial charge in [-0.2, -0.15) is 0 Å². The first-order chi connectivity index (χ1) is 8.23. The van der Waals surface area contributed by atoms with Crippen molar-refractivity contribution in [1.29, 1.82) is 0 Å². The van der Waals surface area contributed by atoms with Crippen molar-refractivity contribution >= 4 is 41.0 Å². The van der Waals surface area contributed by atoms with Crippen LogP contribution in [0.2, 0.25) is 0 Å². The van der Waals surface area contributed by atoms with Crippen LogP contribution in [0.15, 0.2) is 4.34 Å². The molecule has 0 aromatic carbocycles. The number of nitrogens with zero attached hydrogens (tertiary/aromatic N) is 1. The number of ether oxygens (including phenoxy) is 1. The van der Waals surface area contributed by atoms with E-state index in [9.17, 15) is 9.59 Å². The molecule has 1 rings (SSSR count). The van der Waals surface area contributed by atoms with Crippen molar-refractivity contribution in [1.82, 2.24) is 4.98 Å². The van der Waals surface area contributed by atoms with Gasteiger partial charge in [0.05, 0.1) is 0 Å². The lowest BCUT2D eigenvalue weighted by Crippen LogP contribution is -2.27. The number of nitrogens with one attached hydrogen (secondary N) is 1. The number of carbonyl (C=O) groups is 2. The standard InChI is InChI=1S/C10H14N2O4S2/c1-10(2,3)16-8(15)11-6-5(7(13)14)18-9(12-6)17-4/h1-4H3,(H,11,15)(H,13,14). The fourth-order valence-corrected chi connectivity index (χ4v) is 2.38. The largest absolute Gasteiger partial charge is 0.477 e. The summed E-state index contributed by atoms with van der Waals surface area (Å²) in [6, 6.07) is 0. The number of aromatic nitrogens is 1. The van der Waals surface area contributed by atoms with Gasteiger partial charge in [0, 0.05) is 0 Å². The molecule has 100 valence electrons. The molecule has 0 aliphatic carbocycles. The van der Waals surface area contributed by atoms with E-state index in [1.807, 2.05) is 0 Å². The van der Waals surface area contributed by atoms with Crippen LogP contribution >= 0.6 is 23.1 Å². The van der Waals surface area contributed by atoms with Crippen LogP contribution in [0.4, 0.5) is 10.6 Å². The molecule has 1 amide bonds. The van der Waals surface area contributed by atoms with Gasteiger partial charge in [-0.15, -0.1) is 0 Å². The van der Waals surface area contributed by atoms with Gasteiger partial charge in [0.15, 0.2) is 15.0 Å². The molecule has 0 saturated carbocycles. The van der Waals surface area contributed by atoms with Crippen molar-refractivity contribution in [3.63, 3.8) is 0 Å². The lowest BCUT2D eigenvalue weighted by molar-refractivity contribution is 0.0635. The predicted molar refractivity (Wildman–Crippen MR) is 70.7 cm³/mol. The van der Waals surface area contributed by atoms with Gasteiger partial charge in [0.1, 0.15) is 5.60 Å². The first-order valence-corrected chi connectivity index (χ1v) is 7.05. The van der Waals surface area contributed by atoms with Gasteiger partial charge in [-0.05, 0) is 27.0 Å². The SMILES string of the molecule is CSc1nc(NC(=O)OC(C)(C)C)c(C(=O)O)s1. The Hall–Kier alpha value is -1.28. The fourth-order valence-electron chi connectivity index (χ4n) is 1.02. The van der Waals surface area contributed by atoms with E-state index in [-0.39, 0.29) is 10.7 Å². The third-order valence-corrected chi connectivity index (χ3v) is 3.62. The van der Waals surface area contributed by atoms with Gasteiger partial charge in [-0.1, -0.05) is 23.1 Å². The summed E-state index contributed by atoms with van der Waals surface area (Å²) >= 11 is 2.32. The molecule has 0 saturated heterocycles. The van der Waals surface area contributed by atoms with Gasteiger partial charge in [0.2, 0.25) is 0 Å². The maximum Gasteiger partial charge on any atom is 0.413 e. The maximum atomic E-state index is 11.5. The number of rotatable bonds is 3. The van der Waals surface area contributed by atoms with Gasteiger partial charge in [-0.25, -0.2) is 14.6 Å². The molecule has 8 heteroatoms. The molecule has 1 aromatic rings. The van der Waals surface area contributed by atoms with E-state index >= 15 is 0 Å². The Labute approximate surface area is 113 Å². The lowest BCUT2D eigenvalue weighted by Gasteiger charge is -2.19. The van der Waals surface area contributed by atoms with Crippen LogP contribution < -0.4 is 5.32 Å². The Kier molecular flexibility index (Phi) is 4.58. The van der Waals surface area contributed by atoms with E-state index in [0.717, 1.165) is 11.3 Å². The zero-order valence-corrected chi connectivity index (χ0v) is 12.1. The number of hydrogen-bond acceptors (Lipinski definition) is 6. The molecular weight excluding hydrogens is 276 g/mol. The van der Waals surface area contributed by atoms with Crippen LogP contribution in [0.25, 0.3) is 0 Å². The summed E-state index contributed by atoms with van der Waals surface area (Å²) in [7, 11) is 0. The number of carboxylic acid groups (broad SMARTS) is 1. The number of hydrogen-bond donors (Lipinski definition) is 2. The summed E-state index contributed by atoms with van der Waals surface area (Å²) in [5, 5.41) is 11.3. The minimum absolute atomic E-state index is 0.00907. The number of thioether (sulfide) groups is 1. The number of carboxylic acids is 1. The molecule has 0 radical (unpaired) electrons. The fraction of sp³-hybridized carbons (Fsp3) is 0.500. The van der Waals surface area contributed by atoms with Crippen LogP contribution in [-0.2, 0) is 4.74 Å². The highest BCUT2D eigenvalue weighted by molar-refractivity contribution is 8.00. The Bertz CT molecular complexity index is 465. The number of aromatic carboxylic acids is 1. The summed E-state index contributed by atoms with van der Waals surface area (Å²) in [5.41, 5.74) is -0.647. The van der Waals surface area contributed by atoms with E-state index in [4.69, 9.17) is 9.84 Å². The third-order valence-electron chi connectivity index (χ3n) is 1.60. The second kappa shape index (κ2) is 5.57. The van der Waals surface area contributed by atoms with Crippen molar-refractivity contribution in [3.05, 3.63) is 4.88 Å². The Morgan fingerprint density at radius 2 is 2.06 bits per heavy atom. The minimum atomic E-state index is -1.13. The lowest BCUT2D eigenvalue weighted by atomic mass is 10.2. The Morgan fingerprint density at radius 1 is 1.44 bits per heavy atom. The molecule has 0 bridgehead atoms. The van der Waals surface area contributed by atoms with E-state index in [0.29, 0.717) is 4.34 Å². The molecule has 2 N–H and O–H groups in total. The highest BCUT2D eigenvalue weighted by Crippen LogP contribution is 2.29. The average molecular weight is 290 g/mol. The molecule has 1 aromatic heterocycles. The van der Waals surface area contributed by atoms with E-state index in [2.05, 4.69) is 10.3 Å². The van der Waals surface area contributed by atoms with Crippen LogP contribution in [0, 0.1) is 0 Å². The van der Waals surface area contributed by atoms with Gasteiger partial charge < -0.3 is 9.84 Å². The van der Waals surface area contributed by atoms with Gasteiger partial charge >= 0.3 is 12.1 Å².